The van der Waals surface area contributed by atoms with E-state index in [-0.39, 0.29) is 12.5 Å². The zero-order chi connectivity index (χ0) is 35.2. The quantitative estimate of drug-likeness (QED) is 0.212. The molecule has 0 spiro atoms. The lowest BCUT2D eigenvalue weighted by molar-refractivity contribution is -0.138. The van der Waals surface area contributed by atoms with Crippen LogP contribution < -0.4 is 16.0 Å². The van der Waals surface area contributed by atoms with Gasteiger partial charge in [-0.1, -0.05) is 0 Å². The molecule has 2 fully saturated rings. The van der Waals surface area contributed by atoms with Crippen LogP contribution in [-0.2, 0) is 23.8 Å². The Morgan fingerprint density at radius 3 is 2.49 bits per heavy atom. The molecule has 268 valence electrons. The molecule has 2 aliphatic heterocycles. The van der Waals surface area contributed by atoms with Gasteiger partial charge in [0.1, 0.15) is 12.6 Å². The number of amides is 3. The Labute approximate surface area is 285 Å². The summed E-state index contributed by atoms with van der Waals surface area (Å²) in [6.07, 6.45) is 1.66. The minimum absolute atomic E-state index is 0.0278. The van der Waals surface area contributed by atoms with E-state index < -0.39 is 43.3 Å². The predicted molar refractivity (Wildman–Crippen MR) is 177 cm³/mol. The van der Waals surface area contributed by atoms with Gasteiger partial charge in [-0.3, -0.25) is 24.3 Å². The molecule has 0 radical (unpaired) electrons. The number of carbonyl (C=O) groups excluding carboxylic acids is 3. The maximum atomic E-state index is 13.8. The van der Waals surface area contributed by atoms with Crippen molar-refractivity contribution in [2.24, 2.45) is 5.73 Å². The number of nitriles is 1. The molecule has 2 saturated heterocycles. The van der Waals surface area contributed by atoms with Gasteiger partial charge >= 0.3 is 0 Å². The summed E-state index contributed by atoms with van der Waals surface area (Å²) in [5.74, 6) is -4.44. The van der Waals surface area contributed by atoms with Crippen LogP contribution in [0.5, 0.6) is 0 Å². The summed E-state index contributed by atoms with van der Waals surface area (Å²) in [5, 5.41) is 12.3. The summed E-state index contributed by atoms with van der Waals surface area (Å²) < 4.78 is 43.6. The zero-order valence-corrected chi connectivity index (χ0v) is 28.0. The number of carbonyl (C=O) groups is 3. The lowest BCUT2D eigenvalue weighted by Crippen LogP contribution is -2.50. The monoisotopic (exact) mass is 688 g/mol. The molecule has 0 aliphatic carbocycles. The number of anilines is 1. The second kappa shape index (κ2) is 18.7. The van der Waals surface area contributed by atoms with E-state index in [1.165, 1.54) is 6.20 Å². The molecule has 0 unspecified atom stereocenters. The first-order valence-corrected chi connectivity index (χ1v) is 16.5. The van der Waals surface area contributed by atoms with E-state index in [1.807, 2.05) is 30.1 Å². The Kier molecular flexibility index (Phi) is 14.4. The van der Waals surface area contributed by atoms with Gasteiger partial charge in [-0.05, 0) is 37.2 Å². The Bertz CT molecular complexity index is 1450. The van der Waals surface area contributed by atoms with E-state index in [4.69, 9.17) is 19.9 Å². The molecular formula is C33H46F2N8O6. The van der Waals surface area contributed by atoms with Crippen LogP contribution in [0, 0.1) is 11.3 Å². The molecule has 3 N–H and O–H groups in total. The Morgan fingerprint density at radius 2 is 1.78 bits per heavy atom. The number of pyridine rings is 1. The molecule has 16 heteroatoms. The Morgan fingerprint density at radius 1 is 1.06 bits per heavy atom. The van der Waals surface area contributed by atoms with Gasteiger partial charge < -0.3 is 40.0 Å². The van der Waals surface area contributed by atoms with Gasteiger partial charge in [-0.25, -0.2) is 8.78 Å². The van der Waals surface area contributed by atoms with Crippen molar-refractivity contribution in [3.05, 3.63) is 36.0 Å². The zero-order valence-electron chi connectivity index (χ0n) is 28.0. The average Bonchev–Trinajstić information content (AvgIpc) is 3.43. The fourth-order valence-electron chi connectivity index (χ4n) is 5.77. The third-order valence-corrected chi connectivity index (χ3v) is 8.47. The molecule has 3 heterocycles. The largest absolute Gasteiger partial charge is 0.378 e. The van der Waals surface area contributed by atoms with Crippen LogP contribution in [0.3, 0.4) is 0 Å². The van der Waals surface area contributed by atoms with E-state index in [0.717, 1.165) is 43.2 Å². The number of rotatable bonds is 18. The van der Waals surface area contributed by atoms with E-state index >= 15 is 0 Å². The molecule has 49 heavy (non-hydrogen) atoms. The molecule has 3 amide bonds. The van der Waals surface area contributed by atoms with E-state index in [9.17, 15) is 28.4 Å². The molecule has 1 atom stereocenters. The number of likely N-dealkylation sites (tertiary alicyclic amines) is 1. The van der Waals surface area contributed by atoms with Crippen molar-refractivity contribution in [2.45, 2.75) is 24.8 Å². The molecule has 4 rings (SSSR count). The number of piperazine rings is 1. The Hall–Kier alpha value is -4.01. The lowest BCUT2D eigenvalue weighted by Gasteiger charge is -2.35. The molecule has 0 saturated carbocycles. The van der Waals surface area contributed by atoms with Crippen LogP contribution in [0.2, 0.25) is 0 Å². The summed E-state index contributed by atoms with van der Waals surface area (Å²) >= 11 is 0. The number of ether oxygens (including phenoxy) is 3. The summed E-state index contributed by atoms with van der Waals surface area (Å²) in [7, 11) is 1.96. The molecule has 0 bridgehead atoms. The van der Waals surface area contributed by atoms with E-state index in [2.05, 4.69) is 20.1 Å². The summed E-state index contributed by atoms with van der Waals surface area (Å²) in [6.45, 7) is 5.80. The van der Waals surface area contributed by atoms with Crippen LogP contribution in [0.15, 0.2) is 30.5 Å². The number of aromatic nitrogens is 1. The van der Waals surface area contributed by atoms with Crippen LogP contribution in [0.25, 0.3) is 10.9 Å². The van der Waals surface area contributed by atoms with Gasteiger partial charge in [0.25, 0.3) is 11.8 Å². The minimum Gasteiger partial charge on any atom is -0.378 e. The number of hydrogen-bond acceptors (Lipinski definition) is 11. The van der Waals surface area contributed by atoms with Gasteiger partial charge in [0, 0.05) is 70.0 Å². The third-order valence-electron chi connectivity index (χ3n) is 8.47. The van der Waals surface area contributed by atoms with Crippen LogP contribution in [0.1, 0.15) is 23.2 Å². The maximum Gasteiger partial charge on any atom is 0.268 e. The smallest absolute Gasteiger partial charge is 0.268 e. The summed E-state index contributed by atoms with van der Waals surface area (Å²) in [4.78, 5) is 49.6. The van der Waals surface area contributed by atoms with Crippen molar-refractivity contribution < 1.29 is 37.4 Å². The van der Waals surface area contributed by atoms with Gasteiger partial charge in [0.05, 0.1) is 63.3 Å². The fourth-order valence-corrected chi connectivity index (χ4v) is 5.77. The number of nitrogens with two attached hydrogens (primary N) is 1. The van der Waals surface area contributed by atoms with Gasteiger partial charge in [-0.2, -0.15) is 5.26 Å². The molecule has 1 aromatic carbocycles. The summed E-state index contributed by atoms with van der Waals surface area (Å²) in [5.41, 5.74) is 7.12. The lowest BCUT2D eigenvalue weighted by atomic mass is 10.1. The van der Waals surface area contributed by atoms with Crippen molar-refractivity contribution in [3.63, 3.8) is 0 Å². The van der Waals surface area contributed by atoms with Gasteiger partial charge in [0.2, 0.25) is 11.8 Å². The van der Waals surface area contributed by atoms with Gasteiger partial charge in [-0.15, -0.1) is 0 Å². The average molecular weight is 689 g/mol. The standard InChI is InChI=1S/C33H46F2N8O6/c1-40(8-2-9-41-10-12-42(13-11-41)31(45)23-49-18-17-48-16-15-47-14-6-36)25-3-4-29-28(19-25)27(5-7-38-29)32(46)39-22-30(44)43-24-33(34,35)20-26(43)21-37/h3-5,7,19,26H,2,6,8-18,20,22-24,36H2,1H3,(H,39,46)/t26-/m0/s1. The van der Waals surface area contributed by atoms with Crippen molar-refractivity contribution in [2.75, 3.05) is 110 Å². The predicted octanol–water partition coefficient (Wildman–Crippen LogP) is 0.703. The maximum absolute atomic E-state index is 13.8. The first-order chi connectivity index (χ1) is 23.6. The normalized spacial score (nSPS) is 17.7. The SMILES string of the molecule is CN(CCCN1CCN(C(=O)COCCOCCOCCN)CC1)c1ccc2nccc(C(=O)NCC(=O)N3CC(F)(F)C[C@H]3C#N)c2c1. The Balaban J connectivity index is 1.18. The second-order valence-electron chi connectivity index (χ2n) is 12.0. The van der Waals surface area contributed by atoms with E-state index in [0.29, 0.717) is 69.1 Å². The van der Waals surface area contributed by atoms with E-state index in [1.54, 1.807) is 12.1 Å². The number of hydrogen-bond donors (Lipinski definition) is 2. The first-order valence-electron chi connectivity index (χ1n) is 16.5. The highest BCUT2D eigenvalue weighted by atomic mass is 19.3. The number of halogens is 2. The number of nitrogens with one attached hydrogen (secondary N) is 1. The third kappa shape index (κ3) is 11.3. The first kappa shape index (κ1) is 37.8. The second-order valence-corrected chi connectivity index (χ2v) is 12.0. The molecule has 1 aromatic heterocycles. The van der Waals surface area contributed by atoms with Crippen molar-refractivity contribution >= 4 is 34.3 Å². The van der Waals surface area contributed by atoms with Gasteiger partial charge in [0.15, 0.2) is 0 Å². The minimum atomic E-state index is -3.13. The van der Waals surface area contributed by atoms with Crippen LogP contribution >= 0.6 is 0 Å². The topological polar surface area (TPSA) is 167 Å². The molecule has 2 aromatic rings. The number of nitrogens with zero attached hydrogens (tertiary/aromatic N) is 6. The number of fused-ring (bicyclic) bond motifs is 1. The highest BCUT2D eigenvalue weighted by molar-refractivity contribution is 6.07. The highest BCUT2D eigenvalue weighted by Gasteiger charge is 2.47. The van der Waals surface area contributed by atoms with Crippen LogP contribution in [-0.4, -0.2) is 155 Å². The van der Waals surface area contributed by atoms with Crippen LogP contribution in [0.4, 0.5) is 14.5 Å². The van der Waals surface area contributed by atoms with Crippen molar-refractivity contribution in [3.8, 4) is 6.07 Å². The van der Waals surface area contributed by atoms with Crippen molar-refractivity contribution in [1.29, 1.82) is 5.26 Å². The highest BCUT2D eigenvalue weighted by Crippen LogP contribution is 2.31. The van der Waals surface area contributed by atoms with Crippen molar-refractivity contribution in [1.82, 2.24) is 25.0 Å². The molecule has 14 nitrogen and oxygen atoms in total. The molecular weight excluding hydrogens is 642 g/mol. The number of alkyl halides is 2. The fraction of sp³-hybridized carbons (Fsp3) is 0.606. The summed E-state index contributed by atoms with van der Waals surface area (Å²) in [6, 6.07) is 7.66. The molecule has 2 aliphatic rings. The number of benzene rings is 1.